The first-order valence-corrected chi connectivity index (χ1v) is 7.86. The van der Waals surface area contributed by atoms with Crippen molar-refractivity contribution in [2.75, 3.05) is 13.1 Å². The van der Waals surface area contributed by atoms with Crippen molar-refractivity contribution in [3.05, 3.63) is 18.2 Å². The molecule has 2 aliphatic carbocycles. The average Bonchev–Trinajstić information content (AvgIpc) is 3.36. The molecule has 0 amide bonds. The van der Waals surface area contributed by atoms with Crippen LogP contribution in [0.25, 0.3) is 0 Å². The molecule has 104 valence electrons. The first-order chi connectivity index (χ1) is 9.38. The fourth-order valence-electron chi connectivity index (χ4n) is 3.78. The summed E-state index contributed by atoms with van der Waals surface area (Å²) in [7, 11) is 0. The van der Waals surface area contributed by atoms with Gasteiger partial charge in [0.25, 0.3) is 0 Å². The van der Waals surface area contributed by atoms with Gasteiger partial charge in [-0.15, -0.1) is 0 Å². The van der Waals surface area contributed by atoms with Crippen LogP contribution < -0.4 is 5.73 Å². The zero-order valence-electron chi connectivity index (χ0n) is 11.5. The normalized spacial score (nSPS) is 32.7. The van der Waals surface area contributed by atoms with Gasteiger partial charge in [0.15, 0.2) is 0 Å². The van der Waals surface area contributed by atoms with E-state index in [-0.39, 0.29) is 0 Å². The summed E-state index contributed by atoms with van der Waals surface area (Å²) in [5, 5.41) is 0. The summed E-state index contributed by atoms with van der Waals surface area (Å²) in [5.41, 5.74) is 7.50. The zero-order chi connectivity index (χ0) is 12.8. The second kappa shape index (κ2) is 4.60. The Labute approximate surface area is 115 Å². The summed E-state index contributed by atoms with van der Waals surface area (Å²) in [6.07, 6.45) is 12.1. The lowest BCUT2D eigenvalue weighted by atomic mass is 9.87. The van der Waals surface area contributed by atoms with Crippen LogP contribution in [0.3, 0.4) is 0 Å². The van der Waals surface area contributed by atoms with Crippen molar-refractivity contribution in [2.24, 2.45) is 11.7 Å². The fourth-order valence-corrected chi connectivity index (χ4v) is 3.78. The van der Waals surface area contributed by atoms with Gasteiger partial charge in [-0.2, -0.15) is 0 Å². The number of rotatable bonds is 4. The maximum absolute atomic E-state index is 6.07. The van der Waals surface area contributed by atoms with Gasteiger partial charge in [-0.1, -0.05) is 0 Å². The molecule has 0 bridgehead atoms. The fraction of sp³-hybridized carbons (Fsp3) is 0.800. The molecule has 1 saturated heterocycles. The number of nitrogens with zero attached hydrogens (tertiary/aromatic N) is 3. The lowest BCUT2D eigenvalue weighted by Gasteiger charge is -2.41. The van der Waals surface area contributed by atoms with Crippen LogP contribution in [0, 0.1) is 5.92 Å². The minimum absolute atomic E-state index is 0.523. The third-order valence-corrected chi connectivity index (χ3v) is 5.05. The van der Waals surface area contributed by atoms with E-state index in [2.05, 4.69) is 20.6 Å². The number of aromatic nitrogens is 2. The van der Waals surface area contributed by atoms with Crippen LogP contribution in [-0.2, 0) is 0 Å². The molecule has 2 N–H and O–H groups in total. The Kier molecular flexibility index (Phi) is 2.88. The number of imidazole rings is 1. The Morgan fingerprint density at radius 3 is 2.63 bits per heavy atom. The molecule has 3 fully saturated rings. The molecule has 2 heterocycles. The molecule has 0 aromatic carbocycles. The highest BCUT2D eigenvalue weighted by Gasteiger charge is 2.42. The summed E-state index contributed by atoms with van der Waals surface area (Å²) in [6.45, 7) is 2.06. The van der Waals surface area contributed by atoms with E-state index in [4.69, 9.17) is 5.73 Å². The van der Waals surface area contributed by atoms with Gasteiger partial charge < -0.3 is 10.3 Å². The van der Waals surface area contributed by atoms with Crippen molar-refractivity contribution in [3.8, 4) is 0 Å². The average molecular weight is 260 g/mol. The third kappa shape index (κ3) is 2.11. The van der Waals surface area contributed by atoms with Crippen LogP contribution >= 0.6 is 0 Å². The Morgan fingerprint density at radius 2 is 1.95 bits per heavy atom. The van der Waals surface area contributed by atoms with Gasteiger partial charge in [0, 0.05) is 18.3 Å². The van der Waals surface area contributed by atoms with Crippen LogP contribution in [0.15, 0.2) is 12.5 Å². The lowest BCUT2D eigenvalue weighted by Crippen LogP contribution is -2.43. The van der Waals surface area contributed by atoms with Crippen LogP contribution in [-0.4, -0.2) is 33.6 Å². The van der Waals surface area contributed by atoms with Crippen LogP contribution in [0.5, 0.6) is 0 Å². The van der Waals surface area contributed by atoms with Gasteiger partial charge in [0.2, 0.25) is 0 Å². The maximum Gasteiger partial charge on any atom is 0.0951 e. The molecule has 1 aromatic rings. The first-order valence-electron chi connectivity index (χ1n) is 7.86. The van der Waals surface area contributed by atoms with E-state index < -0.39 is 0 Å². The van der Waals surface area contributed by atoms with Crippen molar-refractivity contribution < 1.29 is 0 Å². The predicted octanol–water partition coefficient (Wildman–Crippen LogP) is 2.09. The monoisotopic (exact) mass is 260 g/mol. The summed E-state index contributed by atoms with van der Waals surface area (Å²) in [5.74, 6) is 0.614. The van der Waals surface area contributed by atoms with Gasteiger partial charge in [0.05, 0.1) is 18.1 Å². The topological polar surface area (TPSA) is 47.1 Å². The van der Waals surface area contributed by atoms with Crippen molar-refractivity contribution in [1.29, 1.82) is 0 Å². The van der Waals surface area contributed by atoms with E-state index >= 15 is 0 Å². The second-order valence-electron chi connectivity index (χ2n) is 6.51. The molecule has 4 nitrogen and oxygen atoms in total. The Morgan fingerprint density at radius 1 is 1.16 bits per heavy atom. The summed E-state index contributed by atoms with van der Waals surface area (Å²) in [4.78, 5) is 7.17. The molecule has 3 aliphatic rings. The van der Waals surface area contributed by atoms with Gasteiger partial charge in [0.1, 0.15) is 0 Å². The van der Waals surface area contributed by atoms with Crippen LogP contribution in [0.2, 0.25) is 0 Å². The van der Waals surface area contributed by atoms with Gasteiger partial charge in [-0.25, -0.2) is 4.98 Å². The van der Waals surface area contributed by atoms with E-state index in [0.717, 1.165) is 18.6 Å². The first kappa shape index (κ1) is 11.9. The standard InChI is InChI=1S/C15H24N4/c16-8-11-2-1-7-18(12-3-4-12)15(11)14-9-17-10-19(14)13-5-6-13/h9-13,15H,1-8,16H2. The van der Waals surface area contributed by atoms with Gasteiger partial charge >= 0.3 is 0 Å². The Balaban J connectivity index is 1.68. The number of hydrogen-bond donors (Lipinski definition) is 1. The number of nitrogens with two attached hydrogens (primary N) is 1. The molecular weight excluding hydrogens is 236 g/mol. The van der Waals surface area contributed by atoms with Crippen molar-refractivity contribution in [2.45, 2.75) is 56.7 Å². The molecule has 4 heteroatoms. The third-order valence-electron chi connectivity index (χ3n) is 5.05. The van der Waals surface area contributed by atoms with Gasteiger partial charge in [-0.05, 0) is 57.5 Å². The summed E-state index contributed by atoms with van der Waals surface area (Å²) < 4.78 is 2.44. The highest BCUT2D eigenvalue weighted by molar-refractivity contribution is 5.14. The van der Waals surface area contributed by atoms with Crippen LogP contribution in [0.1, 0.15) is 56.3 Å². The molecule has 19 heavy (non-hydrogen) atoms. The quantitative estimate of drug-likeness (QED) is 0.901. The molecule has 2 unspecified atom stereocenters. The van der Waals surface area contributed by atoms with Crippen LogP contribution in [0.4, 0.5) is 0 Å². The van der Waals surface area contributed by atoms with E-state index in [1.807, 2.05) is 6.33 Å². The zero-order valence-corrected chi connectivity index (χ0v) is 11.5. The maximum atomic E-state index is 6.07. The predicted molar refractivity (Wildman–Crippen MR) is 74.7 cm³/mol. The van der Waals surface area contributed by atoms with E-state index in [0.29, 0.717) is 12.0 Å². The molecule has 2 atom stereocenters. The SMILES string of the molecule is NCC1CCCN(C2CC2)C1c1cncn1C1CC1. The minimum atomic E-state index is 0.523. The second-order valence-corrected chi connectivity index (χ2v) is 6.51. The highest BCUT2D eigenvalue weighted by atomic mass is 15.3. The Bertz CT molecular complexity index is 447. The van der Waals surface area contributed by atoms with Crippen molar-refractivity contribution >= 4 is 0 Å². The summed E-state index contributed by atoms with van der Waals surface area (Å²) in [6, 6.07) is 2.06. The number of hydrogen-bond acceptors (Lipinski definition) is 3. The molecule has 0 radical (unpaired) electrons. The van der Waals surface area contributed by atoms with E-state index in [9.17, 15) is 0 Å². The largest absolute Gasteiger partial charge is 0.330 e. The highest BCUT2D eigenvalue weighted by Crippen LogP contribution is 2.45. The van der Waals surface area contributed by atoms with E-state index in [1.165, 1.54) is 50.8 Å². The van der Waals surface area contributed by atoms with E-state index in [1.54, 1.807) is 0 Å². The molecule has 1 aliphatic heterocycles. The molecule has 1 aromatic heterocycles. The number of piperidine rings is 1. The summed E-state index contributed by atoms with van der Waals surface area (Å²) >= 11 is 0. The Hall–Kier alpha value is -0.870. The van der Waals surface area contributed by atoms with Crippen molar-refractivity contribution in [3.63, 3.8) is 0 Å². The molecule has 0 spiro atoms. The van der Waals surface area contributed by atoms with Gasteiger partial charge in [-0.3, -0.25) is 4.90 Å². The lowest BCUT2D eigenvalue weighted by molar-refractivity contribution is 0.0823. The molecule has 4 rings (SSSR count). The minimum Gasteiger partial charge on any atom is -0.330 e. The molecule has 2 saturated carbocycles. The van der Waals surface area contributed by atoms with Crippen molar-refractivity contribution in [1.82, 2.24) is 14.5 Å². The smallest absolute Gasteiger partial charge is 0.0951 e. The number of likely N-dealkylation sites (tertiary alicyclic amines) is 1. The molecular formula is C15H24N4.